The van der Waals surface area contributed by atoms with Crippen molar-refractivity contribution >= 4 is 12.1 Å². The molecule has 1 saturated carbocycles. The third-order valence-corrected chi connectivity index (χ3v) is 4.02. The Bertz CT molecular complexity index is 341. The smallest absolute Gasteiger partial charge is 0.410 e. The monoisotopic (exact) mass is 253 g/mol. The molecule has 1 aliphatic carbocycles. The number of hydrogen-bond acceptors (Lipinski definition) is 3. The fourth-order valence-corrected chi connectivity index (χ4v) is 3.24. The number of rotatable bonds is 4. The molecule has 1 N–H and O–H groups in total. The van der Waals surface area contributed by atoms with Gasteiger partial charge in [0.15, 0.2) is 0 Å². The molecular formula is C13H19NO4. The average molecular weight is 253 g/mol. The largest absolute Gasteiger partial charge is 0.481 e. The molecule has 0 spiro atoms. The summed E-state index contributed by atoms with van der Waals surface area (Å²) in [7, 11) is 0. The number of hydrogen-bond donors (Lipinski definition) is 1. The number of aliphatic carboxylic acids is 1. The summed E-state index contributed by atoms with van der Waals surface area (Å²) >= 11 is 0. The third-order valence-electron chi connectivity index (χ3n) is 4.02. The lowest BCUT2D eigenvalue weighted by atomic mass is 9.83. The van der Waals surface area contributed by atoms with Crippen molar-refractivity contribution in [2.45, 2.75) is 19.3 Å². The van der Waals surface area contributed by atoms with Gasteiger partial charge in [0.1, 0.15) is 6.61 Å². The van der Waals surface area contributed by atoms with E-state index in [9.17, 15) is 9.59 Å². The summed E-state index contributed by atoms with van der Waals surface area (Å²) in [5, 5.41) is 8.90. The number of carbonyl (C=O) groups excluding carboxylic acids is 1. The summed E-state index contributed by atoms with van der Waals surface area (Å²) < 4.78 is 5.02. The van der Waals surface area contributed by atoms with Crippen LogP contribution in [0.1, 0.15) is 19.3 Å². The number of amides is 1. The number of ether oxygens (including phenoxy) is 1. The number of likely N-dealkylation sites (tertiary alicyclic amines) is 1. The SMILES string of the molecule is C=CCOC(=O)N1CC2CCC(C1)C2CC(=O)O. The molecule has 0 radical (unpaired) electrons. The first kappa shape index (κ1) is 12.9. The molecule has 1 heterocycles. The maximum absolute atomic E-state index is 11.7. The predicted octanol–water partition coefficient (Wildman–Crippen LogP) is 1.74. The Kier molecular flexibility index (Phi) is 3.89. The van der Waals surface area contributed by atoms with Crippen LogP contribution in [0.3, 0.4) is 0 Å². The van der Waals surface area contributed by atoms with Crippen molar-refractivity contribution in [2.75, 3.05) is 19.7 Å². The van der Waals surface area contributed by atoms with Crippen LogP contribution >= 0.6 is 0 Å². The van der Waals surface area contributed by atoms with Crippen LogP contribution in [0.4, 0.5) is 4.79 Å². The summed E-state index contributed by atoms with van der Waals surface area (Å²) in [5.41, 5.74) is 0. The van der Waals surface area contributed by atoms with E-state index in [2.05, 4.69) is 6.58 Å². The quantitative estimate of drug-likeness (QED) is 0.775. The van der Waals surface area contributed by atoms with Crippen LogP contribution in [0.5, 0.6) is 0 Å². The lowest BCUT2D eigenvalue weighted by Gasteiger charge is -2.36. The fraction of sp³-hybridized carbons (Fsp3) is 0.692. The van der Waals surface area contributed by atoms with Crippen molar-refractivity contribution in [1.29, 1.82) is 0 Å². The lowest BCUT2D eigenvalue weighted by Crippen LogP contribution is -2.45. The van der Waals surface area contributed by atoms with Gasteiger partial charge in [-0.3, -0.25) is 4.79 Å². The Balaban J connectivity index is 1.93. The van der Waals surface area contributed by atoms with E-state index < -0.39 is 5.97 Å². The van der Waals surface area contributed by atoms with E-state index >= 15 is 0 Å². The van der Waals surface area contributed by atoms with E-state index in [1.807, 2.05) is 0 Å². The predicted molar refractivity (Wildman–Crippen MR) is 65.1 cm³/mol. The van der Waals surface area contributed by atoms with Gasteiger partial charge in [-0.05, 0) is 30.6 Å². The maximum Gasteiger partial charge on any atom is 0.410 e. The molecule has 2 unspecified atom stereocenters. The summed E-state index contributed by atoms with van der Waals surface area (Å²) in [6.07, 6.45) is 3.51. The normalized spacial score (nSPS) is 30.0. The summed E-state index contributed by atoms with van der Waals surface area (Å²) in [5.74, 6) is 0.123. The van der Waals surface area contributed by atoms with E-state index in [1.165, 1.54) is 0 Å². The van der Waals surface area contributed by atoms with Gasteiger partial charge in [-0.2, -0.15) is 0 Å². The minimum atomic E-state index is -0.736. The molecule has 5 heteroatoms. The molecule has 2 aliphatic rings. The molecule has 1 aliphatic heterocycles. The van der Waals surface area contributed by atoms with Crippen molar-refractivity contribution in [3.63, 3.8) is 0 Å². The van der Waals surface area contributed by atoms with Gasteiger partial charge in [0.2, 0.25) is 0 Å². The van der Waals surface area contributed by atoms with Crippen LogP contribution in [0.25, 0.3) is 0 Å². The van der Waals surface area contributed by atoms with E-state index in [1.54, 1.807) is 11.0 Å². The first-order valence-electron chi connectivity index (χ1n) is 6.36. The van der Waals surface area contributed by atoms with Crippen molar-refractivity contribution < 1.29 is 19.4 Å². The van der Waals surface area contributed by atoms with Crippen LogP contribution in [-0.2, 0) is 9.53 Å². The third kappa shape index (κ3) is 2.66. The summed E-state index contributed by atoms with van der Waals surface area (Å²) in [6, 6.07) is 0. The minimum Gasteiger partial charge on any atom is -0.481 e. The number of carbonyl (C=O) groups is 2. The van der Waals surface area contributed by atoms with Gasteiger partial charge in [0, 0.05) is 19.5 Å². The Morgan fingerprint density at radius 1 is 1.33 bits per heavy atom. The van der Waals surface area contributed by atoms with Crippen LogP contribution in [0.15, 0.2) is 12.7 Å². The maximum atomic E-state index is 11.7. The van der Waals surface area contributed by atoms with Gasteiger partial charge in [-0.15, -0.1) is 0 Å². The van der Waals surface area contributed by atoms with Crippen LogP contribution < -0.4 is 0 Å². The van der Waals surface area contributed by atoms with Gasteiger partial charge in [0.25, 0.3) is 0 Å². The van der Waals surface area contributed by atoms with E-state index in [0.29, 0.717) is 24.9 Å². The number of piperidine rings is 1. The molecule has 0 aromatic heterocycles. The molecule has 1 amide bonds. The Labute approximate surface area is 106 Å². The highest BCUT2D eigenvalue weighted by Crippen LogP contribution is 2.43. The zero-order valence-electron chi connectivity index (χ0n) is 10.4. The number of nitrogens with zero attached hydrogens (tertiary/aromatic N) is 1. The zero-order valence-corrected chi connectivity index (χ0v) is 10.4. The zero-order chi connectivity index (χ0) is 13.1. The Morgan fingerprint density at radius 3 is 2.44 bits per heavy atom. The van der Waals surface area contributed by atoms with Gasteiger partial charge in [-0.25, -0.2) is 4.79 Å². The number of carboxylic acid groups (broad SMARTS) is 1. The molecule has 100 valence electrons. The molecule has 1 saturated heterocycles. The molecule has 18 heavy (non-hydrogen) atoms. The van der Waals surface area contributed by atoms with Crippen molar-refractivity contribution in [3.8, 4) is 0 Å². The van der Waals surface area contributed by atoms with Gasteiger partial charge in [0.05, 0.1) is 0 Å². The summed E-state index contributed by atoms with van der Waals surface area (Å²) in [4.78, 5) is 24.3. The van der Waals surface area contributed by atoms with E-state index in [0.717, 1.165) is 12.8 Å². The Hall–Kier alpha value is -1.52. The molecule has 2 rings (SSSR count). The van der Waals surface area contributed by atoms with E-state index in [-0.39, 0.29) is 25.0 Å². The highest BCUT2D eigenvalue weighted by atomic mass is 16.6. The second-order valence-corrected chi connectivity index (χ2v) is 5.13. The average Bonchev–Trinajstić information content (AvgIpc) is 2.58. The first-order chi connectivity index (χ1) is 8.61. The lowest BCUT2D eigenvalue weighted by molar-refractivity contribution is -0.139. The van der Waals surface area contributed by atoms with Crippen LogP contribution in [0, 0.1) is 17.8 Å². The molecule has 0 aromatic rings. The summed E-state index contributed by atoms with van der Waals surface area (Å²) in [6.45, 7) is 4.99. The van der Waals surface area contributed by atoms with Crippen molar-refractivity contribution in [2.24, 2.45) is 17.8 Å². The number of fused-ring (bicyclic) bond motifs is 2. The highest BCUT2D eigenvalue weighted by Gasteiger charge is 2.44. The van der Waals surface area contributed by atoms with Crippen LogP contribution in [0.2, 0.25) is 0 Å². The van der Waals surface area contributed by atoms with Crippen molar-refractivity contribution in [3.05, 3.63) is 12.7 Å². The van der Waals surface area contributed by atoms with Crippen LogP contribution in [-0.4, -0.2) is 41.8 Å². The van der Waals surface area contributed by atoms with Gasteiger partial charge < -0.3 is 14.7 Å². The second kappa shape index (κ2) is 5.42. The first-order valence-corrected chi connectivity index (χ1v) is 6.36. The number of carboxylic acids is 1. The molecular weight excluding hydrogens is 234 g/mol. The topological polar surface area (TPSA) is 66.8 Å². The van der Waals surface area contributed by atoms with Gasteiger partial charge in [-0.1, -0.05) is 12.7 Å². The molecule has 2 fully saturated rings. The molecule has 0 aromatic carbocycles. The standard InChI is InChI=1S/C13H19NO4/c1-2-5-18-13(17)14-7-9-3-4-10(8-14)11(9)6-12(15)16/h2,9-11H,1,3-8H2,(H,15,16). The fourth-order valence-electron chi connectivity index (χ4n) is 3.24. The second-order valence-electron chi connectivity index (χ2n) is 5.13. The molecule has 2 bridgehead atoms. The van der Waals surface area contributed by atoms with Crippen molar-refractivity contribution in [1.82, 2.24) is 4.90 Å². The minimum absolute atomic E-state index is 0.225. The van der Waals surface area contributed by atoms with Gasteiger partial charge >= 0.3 is 12.1 Å². The molecule has 2 atom stereocenters. The Morgan fingerprint density at radius 2 is 1.94 bits per heavy atom. The van der Waals surface area contributed by atoms with E-state index in [4.69, 9.17) is 9.84 Å². The highest BCUT2D eigenvalue weighted by molar-refractivity contribution is 5.69. The molecule has 5 nitrogen and oxygen atoms in total.